The van der Waals surface area contributed by atoms with Gasteiger partial charge in [-0.15, -0.1) is 0 Å². The van der Waals surface area contributed by atoms with E-state index < -0.39 is 0 Å². The summed E-state index contributed by atoms with van der Waals surface area (Å²) in [5, 5.41) is 12.2. The SMILES string of the molecule is CC(C)(C)C(CCO)NC(=O)CC1OCCc2ccccc21. The third-order valence-corrected chi connectivity index (χ3v) is 4.26. The molecule has 0 saturated carbocycles. The molecule has 1 aromatic carbocycles. The van der Waals surface area contributed by atoms with Crippen molar-refractivity contribution in [1.82, 2.24) is 5.32 Å². The Morgan fingerprint density at radius 3 is 2.82 bits per heavy atom. The summed E-state index contributed by atoms with van der Waals surface area (Å²) in [5.74, 6) is -0.0184. The number of aliphatic hydroxyl groups excluding tert-OH is 1. The molecule has 2 N–H and O–H groups in total. The molecule has 2 unspecified atom stereocenters. The summed E-state index contributed by atoms with van der Waals surface area (Å²) in [5.41, 5.74) is 2.32. The minimum atomic E-state index is -0.167. The highest BCUT2D eigenvalue weighted by molar-refractivity contribution is 5.77. The topological polar surface area (TPSA) is 58.6 Å². The lowest BCUT2D eigenvalue weighted by atomic mass is 9.84. The fourth-order valence-electron chi connectivity index (χ4n) is 2.92. The van der Waals surface area contributed by atoms with Crippen LogP contribution in [0, 0.1) is 5.41 Å². The van der Waals surface area contributed by atoms with Crippen molar-refractivity contribution in [3.05, 3.63) is 35.4 Å². The van der Waals surface area contributed by atoms with Crippen LogP contribution in [0.1, 0.15) is 50.8 Å². The van der Waals surface area contributed by atoms with Gasteiger partial charge in [0.1, 0.15) is 0 Å². The Bertz CT molecular complexity index is 507. The smallest absolute Gasteiger partial charge is 0.223 e. The Morgan fingerprint density at radius 2 is 2.14 bits per heavy atom. The van der Waals surface area contributed by atoms with Gasteiger partial charge in [-0.05, 0) is 29.4 Å². The third kappa shape index (κ3) is 4.31. The summed E-state index contributed by atoms with van der Waals surface area (Å²) in [6.45, 7) is 6.94. The molecule has 122 valence electrons. The number of ether oxygens (including phenoxy) is 1. The molecule has 0 bridgehead atoms. The number of aliphatic hydroxyl groups is 1. The van der Waals surface area contributed by atoms with E-state index in [9.17, 15) is 9.90 Å². The minimum absolute atomic E-state index is 0.0184. The Morgan fingerprint density at radius 1 is 1.41 bits per heavy atom. The fourth-order valence-corrected chi connectivity index (χ4v) is 2.92. The van der Waals surface area contributed by atoms with Crippen LogP contribution in [0.3, 0.4) is 0 Å². The summed E-state index contributed by atoms with van der Waals surface area (Å²) in [7, 11) is 0. The number of nitrogens with one attached hydrogen (secondary N) is 1. The second-order valence-corrected chi connectivity index (χ2v) is 7.01. The third-order valence-electron chi connectivity index (χ3n) is 4.26. The van der Waals surface area contributed by atoms with Crippen molar-refractivity contribution in [1.29, 1.82) is 0 Å². The molecule has 4 nitrogen and oxygen atoms in total. The molecule has 1 aromatic rings. The first-order valence-electron chi connectivity index (χ1n) is 8.01. The molecular formula is C18H27NO3. The van der Waals surface area contributed by atoms with Crippen molar-refractivity contribution in [2.24, 2.45) is 5.41 Å². The average molecular weight is 305 g/mol. The molecule has 0 spiro atoms. The first-order chi connectivity index (χ1) is 10.4. The molecular weight excluding hydrogens is 278 g/mol. The zero-order valence-corrected chi connectivity index (χ0v) is 13.8. The van der Waals surface area contributed by atoms with E-state index >= 15 is 0 Å². The van der Waals surface area contributed by atoms with E-state index in [4.69, 9.17) is 4.74 Å². The van der Waals surface area contributed by atoms with Gasteiger partial charge in [0.2, 0.25) is 5.91 Å². The summed E-state index contributed by atoms with van der Waals surface area (Å²) >= 11 is 0. The average Bonchev–Trinajstić information content (AvgIpc) is 2.46. The zero-order chi connectivity index (χ0) is 16.2. The molecule has 22 heavy (non-hydrogen) atoms. The Kier molecular flexibility index (Phi) is 5.59. The van der Waals surface area contributed by atoms with Crippen LogP contribution >= 0.6 is 0 Å². The van der Waals surface area contributed by atoms with Gasteiger partial charge in [0.15, 0.2) is 0 Å². The second-order valence-electron chi connectivity index (χ2n) is 7.01. The van der Waals surface area contributed by atoms with Crippen molar-refractivity contribution in [3.8, 4) is 0 Å². The maximum absolute atomic E-state index is 12.4. The number of amides is 1. The van der Waals surface area contributed by atoms with E-state index in [0.29, 0.717) is 19.4 Å². The molecule has 1 aliphatic rings. The predicted molar refractivity (Wildman–Crippen MR) is 86.5 cm³/mol. The molecule has 4 heteroatoms. The van der Waals surface area contributed by atoms with Crippen LogP contribution < -0.4 is 5.32 Å². The molecule has 2 atom stereocenters. The van der Waals surface area contributed by atoms with Crippen molar-refractivity contribution < 1.29 is 14.6 Å². The van der Waals surface area contributed by atoms with E-state index in [0.717, 1.165) is 12.0 Å². The van der Waals surface area contributed by atoms with E-state index in [1.165, 1.54) is 5.56 Å². The van der Waals surface area contributed by atoms with Gasteiger partial charge < -0.3 is 15.2 Å². The fraction of sp³-hybridized carbons (Fsp3) is 0.611. The van der Waals surface area contributed by atoms with Crippen LogP contribution in [-0.2, 0) is 16.0 Å². The largest absolute Gasteiger partial charge is 0.396 e. The molecule has 0 radical (unpaired) electrons. The number of benzene rings is 1. The number of hydrogen-bond acceptors (Lipinski definition) is 3. The van der Waals surface area contributed by atoms with Gasteiger partial charge in [-0.25, -0.2) is 0 Å². The number of hydrogen-bond donors (Lipinski definition) is 2. The van der Waals surface area contributed by atoms with Gasteiger partial charge in [-0.2, -0.15) is 0 Å². The summed E-state index contributed by atoms with van der Waals surface area (Å²) in [6.07, 6.45) is 1.63. The lowest BCUT2D eigenvalue weighted by molar-refractivity contribution is -0.126. The van der Waals surface area contributed by atoms with Crippen LogP contribution in [0.2, 0.25) is 0 Å². The first kappa shape index (κ1) is 17.0. The standard InChI is InChI=1S/C18H27NO3/c1-18(2,3)16(8-10-20)19-17(21)12-15-14-7-5-4-6-13(14)9-11-22-15/h4-7,15-16,20H,8-12H2,1-3H3,(H,19,21). The summed E-state index contributed by atoms with van der Waals surface area (Å²) in [6, 6.07) is 8.12. The predicted octanol–water partition coefficient (Wildman–Crippen LogP) is 2.60. The monoisotopic (exact) mass is 305 g/mol. The number of carbonyl (C=O) groups excluding carboxylic acids is 1. The normalized spacial score (nSPS) is 19.4. The van der Waals surface area contributed by atoms with E-state index in [-0.39, 0.29) is 30.1 Å². The van der Waals surface area contributed by atoms with Gasteiger partial charge in [0.25, 0.3) is 0 Å². The maximum atomic E-state index is 12.4. The Labute approximate surface area is 132 Å². The van der Waals surface area contributed by atoms with E-state index in [2.05, 4.69) is 32.2 Å². The van der Waals surface area contributed by atoms with Crippen LogP contribution in [0.15, 0.2) is 24.3 Å². The second kappa shape index (κ2) is 7.25. The highest BCUT2D eigenvalue weighted by Crippen LogP contribution is 2.30. The quantitative estimate of drug-likeness (QED) is 0.879. The van der Waals surface area contributed by atoms with Crippen molar-refractivity contribution in [2.45, 2.75) is 52.2 Å². The lowest BCUT2D eigenvalue weighted by Gasteiger charge is -2.32. The van der Waals surface area contributed by atoms with Crippen LogP contribution in [0.25, 0.3) is 0 Å². The molecule has 1 heterocycles. The Hall–Kier alpha value is -1.39. The van der Waals surface area contributed by atoms with E-state index in [1.54, 1.807) is 0 Å². The van der Waals surface area contributed by atoms with Crippen molar-refractivity contribution in [3.63, 3.8) is 0 Å². The maximum Gasteiger partial charge on any atom is 0.223 e. The molecule has 0 fully saturated rings. The van der Waals surface area contributed by atoms with Crippen LogP contribution in [0.5, 0.6) is 0 Å². The molecule has 2 rings (SSSR count). The summed E-state index contributed by atoms with van der Waals surface area (Å²) < 4.78 is 5.79. The van der Waals surface area contributed by atoms with Crippen LogP contribution in [-0.4, -0.2) is 30.3 Å². The van der Waals surface area contributed by atoms with Gasteiger partial charge in [0.05, 0.1) is 19.1 Å². The number of carbonyl (C=O) groups is 1. The molecule has 0 aliphatic carbocycles. The highest BCUT2D eigenvalue weighted by atomic mass is 16.5. The minimum Gasteiger partial charge on any atom is -0.396 e. The van der Waals surface area contributed by atoms with Crippen molar-refractivity contribution in [2.75, 3.05) is 13.2 Å². The first-order valence-corrected chi connectivity index (χ1v) is 8.01. The van der Waals surface area contributed by atoms with Gasteiger partial charge >= 0.3 is 0 Å². The lowest BCUT2D eigenvalue weighted by Crippen LogP contribution is -2.44. The van der Waals surface area contributed by atoms with E-state index in [1.807, 2.05) is 18.2 Å². The molecule has 1 aliphatic heterocycles. The van der Waals surface area contributed by atoms with Crippen LogP contribution in [0.4, 0.5) is 0 Å². The number of fused-ring (bicyclic) bond motifs is 1. The van der Waals surface area contributed by atoms with Gasteiger partial charge in [0, 0.05) is 12.6 Å². The molecule has 0 saturated heterocycles. The molecule has 0 aromatic heterocycles. The van der Waals surface area contributed by atoms with Crippen molar-refractivity contribution >= 4 is 5.91 Å². The van der Waals surface area contributed by atoms with Gasteiger partial charge in [-0.3, -0.25) is 4.79 Å². The van der Waals surface area contributed by atoms with Gasteiger partial charge in [-0.1, -0.05) is 45.0 Å². The highest BCUT2D eigenvalue weighted by Gasteiger charge is 2.28. The number of rotatable bonds is 5. The zero-order valence-electron chi connectivity index (χ0n) is 13.8. The molecule has 1 amide bonds. The summed E-state index contributed by atoms with van der Waals surface area (Å²) in [4.78, 5) is 12.4. The Balaban J connectivity index is 2.01.